The summed E-state index contributed by atoms with van der Waals surface area (Å²) in [6.45, 7) is 10.3. The Balaban J connectivity index is 0.000000308. The third-order valence-corrected chi connectivity index (χ3v) is 11.0. The highest BCUT2D eigenvalue weighted by atomic mass is 16.3. The minimum atomic E-state index is -1.58. The third-order valence-electron chi connectivity index (χ3n) is 11.0. The number of aliphatic hydroxyl groups excluding tert-OH is 2. The van der Waals surface area contributed by atoms with Crippen LogP contribution in [0.25, 0.3) is 0 Å². The molecule has 36 heavy (non-hydrogen) atoms. The fourth-order valence-electron chi connectivity index (χ4n) is 8.80. The van der Waals surface area contributed by atoms with Gasteiger partial charge in [-0.05, 0) is 74.0 Å². The Labute approximate surface area is 219 Å². The fourth-order valence-corrected chi connectivity index (χ4v) is 8.80. The topological polar surface area (TPSA) is 94.8 Å². The number of hydrogen-bond acceptors (Lipinski definition) is 5. The summed E-state index contributed by atoms with van der Waals surface area (Å²) in [6, 6.07) is 0. The zero-order chi connectivity index (χ0) is 26.7. The smallest absolute Gasteiger partial charge is 0.190 e. The maximum atomic E-state index is 13.4. The van der Waals surface area contributed by atoms with Crippen LogP contribution in [-0.4, -0.2) is 45.2 Å². The molecule has 0 bridgehead atoms. The quantitative estimate of drug-likeness (QED) is 0.358. The molecule has 0 saturated heterocycles. The van der Waals surface area contributed by atoms with Crippen molar-refractivity contribution in [2.45, 2.75) is 136 Å². The molecule has 0 aliphatic heterocycles. The molecule has 4 saturated carbocycles. The molecule has 5 nitrogen and oxygen atoms in total. The monoisotopic (exact) mass is 506 g/mol. The largest absolute Gasteiger partial charge is 0.393 e. The van der Waals surface area contributed by atoms with E-state index in [-0.39, 0.29) is 41.5 Å². The van der Waals surface area contributed by atoms with Crippen molar-refractivity contribution in [1.29, 1.82) is 0 Å². The van der Waals surface area contributed by atoms with Gasteiger partial charge in [0, 0.05) is 17.8 Å². The SMILES string of the molecule is CCCCCCCC(C)C.C[C@]12CC[C@@H](O)C[C@H]1CC[C@@H]1[C@@H]2C(=O)C[C@@]2(C)[C@H]1CC[C@]2(O)C(=O)CO. The van der Waals surface area contributed by atoms with Gasteiger partial charge in [0.15, 0.2) is 5.78 Å². The summed E-state index contributed by atoms with van der Waals surface area (Å²) in [6.07, 6.45) is 14.0. The first-order valence-electron chi connectivity index (χ1n) is 15.0. The Morgan fingerprint density at radius 2 is 1.72 bits per heavy atom. The lowest BCUT2D eigenvalue weighted by molar-refractivity contribution is -0.180. The van der Waals surface area contributed by atoms with Gasteiger partial charge in [0.25, 0.3) is 0 Å². The standard InChI is InChI=1S/C21H32O5.C10H22/c1-19-7-5-13(23)9-12(19)3-4-14-15-6-8-21(26,17(25)11-22)20(15,2)10-16(24)18(14)19;1-4-5-6-7-8-9-10(2)3/h12-15,18,22-23,26H,3-11H2,1-2H3;10H,4-9H2,1-3H3/t12-,13-,14+,15+,18-,19+,20+,21+;/m1./s1. The Morgan fingerprint density at radius 3 is 2.36 bits per heavy atom. The van der Waals surface area contributed by atoms with E-state index in [9.17, 15) is 24.9 Å². The van der Waals surface area contributed by atoms with Gasteiger partial charge in [0.1, 0.15) is 18.0 Å². The summed E-state index contributed by atoms with van der Waals surface area (Å²) < 4.78 is 0. The number of carbonyl (C=O) groups is 2. The van der Waals surface area contributed by atoms with E-state index in [2.05, 4.69) is 27.7 Å². The van der Waals surface area contributed by atoms with Crippen LogP contribution in [0.5, 0.6) is 0 Å². The van der Waals surface area contributed by atoms with Crippen molar-refractivity contribution in [2.75, 3.05) is 6.61 Å². The summed E-state index contributed by atoms with van der Waals surface area (Å²) in [5.74, 6) is 1.28. The molecule has 0 aromatic heterocycles. The number of rotatable bonds is 8. The molecule has 0 unspecified atom stereocenters. The van der Waals surface area contributed by atoms with Crippen molar-refractivity contribution in [2.24, 2.45) is 40.4 Å². The average Bonchev–Trinajstić information content (AvgIpc) is 3.10. The number of hydrogen-bond donors (Lipinski definition) is 3. The van der Waals surface area contributed by atoms with E-state index in [0.717, 1.165) is 44.4 Å². The Morgan fingerprint density at radius 1 is 1.03 bits per heavy atom. The molecule has 208 valence electrons. The lowest BCUT2D eigenvalue weighted by Gasteiger charge is -2.60. The molecular formula is C31H54O5. The van der Waals surface area contributed by atoms with Crippen molar-refractivity contribution in [3.8, 4) is 0 Å². The van der Waals surface area contributed by atoms with E-state index in [1.54, 1.807) is 0 Å². The number of ketones is 2. The molecule has 4 rings (SSSR count). The summed E-state index contributed by atoms with van der Waals surface area (Å²) in [5.41, 5.74) is -2.40. The minimum absolute atomic E-state index is 0.0154. The van der Waals surface area contributed by atoms with Crippen LogP contribution in [0.15, 0.2) is 0 Å². The number of aliphatic hydroxyl groups is 3. The third kappa shape index (κ3) is 5.50. The van der Waals surface area contributed by atoms with E-state index in [1.807, 2.05) is 6.92 Å². The molecule has 0 aromatic rings. The van der Waals surface area contributed by atoms with Crippen LogP contribution in [0, 0.1) is 40.4 Å². The maximum absolute atomic E-state index is 13.4. The predicted octanol–water partition coefficient (Wildman–Crippen LogP) is 5.86. The van der Waals surface area contributed by atoms with E-state index in [1.165, 1.54) is 38.5 Å². The van der Waals surface area contributed by atoms with Crippen molar-refractivity contribution >= 4 is 11.6 Å². The van der Waals surface area contributed by atoms with E-state index < -0.39 is 23.4 Å². The van der Waals surface area contributed by atoms with Gasteiger partial charge >= 0.3 is 0 Å². The van der Waals surface area contributed by atoms with Gasteiger partial charge < -0.3 is 15.3 Å². The molecule has 0 heterocycles. The molecule has 4 aliphatic carbocycles. The van der Waals surface area contributed by atoms with E-state index in [0.29, 0.717) is 12.3 Å². The number of fused-ring (bicyclic) bond motifs is 5. The molecule has 0 amide bonds. The second kappa shape index (κ2) is 11.9. The number of carbonyl (C=O) groups excluding carboxylic acids is 2. The summed E-state index contributed by atoms with van der Waals surface area (Å²) in [4.78, 5) is 25.7. The molecular weight excluding hydrogens is 452 g/mol. The van der Waals surface area contributed by atoms with E-state index in [4.69, 9.17) is 0 Å². The van der Waals surface area contributed by atoms with Crippen molar-refractivity contribution in [3.05, 3.63) is 0 Å². The van der Waals surface area contributed by atoms with Crippen LogP contribution in [0.1, 0.15) is 125 Å². The van der Waals surface area contributed by atoms with Crippen molar-refractivity contribution in [3.63, 3.8) is 0 Å². The molecule has 0 aromatic carbocycles. The van der Waals surface area contributed by atoms with Crippen LogP contribution < -0.4 is 0 Å². The van der Waals surface area contributed by atoms with Crippen LogP contribution >= 0.6 is 0 Å². The van der Waals surface area contributed by atoms with Crippen LogP contribution in [0.3, 0.4) is 0 Å². The van der Waals surface area contributed by atoms with Crippen LogP contribution in [-0.2, 0) is 9.59 Å². The zero-order valence-corrected chi connectivity index (χ0v) is 23.7. The molecule has 5 heteroatoms. The van der Waals surface area contributed by atoms with Gasteiger partial charge in [0.05, 0.1) is 6.10 Å². The number of Topliss-reactive ketones (excluding diaryl/α,β-unsaturated/α-hetero) is 2. The first-order chi connectivity index (χ1) is 16.9. The molecule has 8 atom stereocenters. The van der Waals surface area contributed by atoms with Crippen molar-refractivity contribution < 1.29 is 24.9 Å². The molecule has 0 radical (unpaired) electrons. The minimum Gasteiger partial charge on any atom is -0.393 e. The van der Waals surface area contributed by atoms with Gasteiger partial charge in [-0.3, -0.25) is 9.59 Å². The normalized spacial score (nSPS) is 41.7. The Bertz CT molecular complexity index is 764. The lowest BCUT2D eigenvalue weighted by atomic mass is 9.44. The highest BCUT2D eigenvalue weighted by Gasteiger charge is 2.68. The first-order valence-corrected chi connectivity index (χ1v) is 15.0. The molecule has 4 fully saturated rings. The Kier molecular flexibility index (Phi) is 9.88. The zero-order valence-electron chi connectivity index (χ0n) is 23.7. The molecule has 3 N–H and O–H groups in total. The van der Waals surface area contributed by atoms with Gasteiger partial charge in [0.2, 0.25) is 0 Å². The highest BCUT2D eigenvalue weighted by Crippen LogP contribution is 2.67. The summed E-state index contributed by atoms with van der Waals surface area (Å²) in [7, 11) is 0. The highest BCUT2D eigenvalue weighted by molar-refractivity contribution is 5.92. The average molecular weight is 507 g/mol. The summed E-state index contributed by atoms with van der Waals surface area (Å²) >= 11 is 0. The molecule has 0 spiro atoms. The predicted molar refractivity (Wildman–Crippen MR) is 143 cm³/mol. The van der Waals surface area contributed by atoms with Crippen LogP contribution in [0.4, 0.5) is 0 Å². The second-order valence-electron chi connectivity index (χ2n) is 13.6. The van der Waals surface area contributed by atoms with Crippen LogP contribution in [0.2, 0.25) is 0 Å². The number of unbranched alkanes of at least 4 members (excludes halogenated alkanes) is 4. The Hall–Kier alpha value is -0.780. The maximum Gasteiger partial charge on any atom is 0.190 e. The van der Waals surface area contributed by atoms with E-state index >= 15 is 0 Å². The van der Waals surface area contributed by atoms with Crippen molar-refractivity contribution in [1.82, 2.24) is 0 Å². The second-order valence-corrected chi connectivity index (χ2v) is 13.6. The van der Waals surface area contributed by atoms with Gasteiger partial charge in [-0.25, -0.2) is 0 Å². The lowest BCUT2D eigenvalue weighted by Crippen LogP contribution is -2.62. The van der Waals surface area contributed by atoms with Gasteiger partial charge in [-0.1, -0.05) is 73.1 Å². The first kappa shape index (κ1) is 29.8. The summed E-state index contributed by atoms with van der Waals surface area (Å²) in [5, 5.41) is 30.6. The van der Waals surface area contributed by atoms with Gasteiger partial charge in [-0.15, -0.1) is 0 Å². The molecule has 4 aliphatic rings. The van der Waals surface area contributed by atoms with Gasteiger partial charge in [-0.2, -0.15) is 0 Å². The fraction of sp³-hybridized carbons (Fsp3) is 0.935.